The summed E-state index contributed by atoms with van der Waals surface area (Å²) in [5.41, 5.74) is 0.562. The Balaban J connectivity index is 2.00. The summed E-state index contributed by atoms with van der Waals surface area (Å²) in [6, 6.07) is 9.62. The van der Waals surface area contributed by atoms with Crippen LogP contribution < -0.4 is 5.32 Å². The Morgan fingerprint density at radius 2 is 2.16 bits per heavy atom. The van der Waals surface area contributed by atoms with Crippen molar-refractivity contribution < 1.29 is 9.72 Å². The zero-order valence-electron chi connectivity index (χ0n) is 9.78. The van der Waals surface area contributed by atoms with Gasteiger partial charge in [-0.25, -0.2) is 0 Å². The molecular weight excluding hydrogens is 264 g/mol. The summed E-state index contributed by atoms with van der Waals surface area (Å²) < 4.78 is 0. The molecule has 0 saturated heterocycles. The van der Waals surface area contributed by atoms with Crippen LogP contribution in [0.2, 0.25) is 0 Å². The largest absolute Gasteiger partial charge is 0.361 e. The van der Waals surface area contributed by atoms with E-state index in [9.17, 15) is 14.9 Å². The molecule has 0 amide bonds. The first kappa shape index (κ1) is 13.0. The van der Waals surface area contributed by atoms with E-state index in [4.69, 9.17) is 0 Å². The monoisotopic (exact) mass is 274 g/mol. The number of ketones is 1. The molecule has 0 unspecified atom stereocenters. The average molecular weight is 274 g/mol. The van der Waals surface area contributed by atoms with E-state index in [1.165, 1.54) is 35.7 Å². The van der Waals surface area contributed by atoms with Crippen LogP contribution in [-0.4, -0.2) is 10.7 Å². The van der Waals surface area contributed by atoms with E-state index < -0.39 is 4.92 Å². The van der Waals surface area contributed by atoms with E-state index in [-0.39, 0.29) is 11.5 Å². The number of nitro groups is 1. The van der Waals surface area contributed by atoms with E-state index in [2.05, 4.69) is 5.32 Å². The molecule has 1 heterocycles. The number of anilines is 1. The van der Waals surface area contributed by atoms with Gasteiger partial charge in [-0.1, -0.05) is 12.1 Å². The van der Waals surface area contributed by atoms with Crippen LogP contribution in [0.1, 0.15) is 9.67 Å². The predicted octanol–water partition coefficient (Wildman–Crippen LogP) is 3.46. The molecule has 1 aromatic carbocycles. The van der Waals surface area contributed by atoms with Gasteiger partial charge in [-0.05, 0) is 17.5 Å². The number of rotatable bonds is 5. The SMILES string of the molecule is O=C(C=CNc1cccc([N+](=O)[O-])c1)c1cccs1. The molecular formula is C13H10N2O3S. The molecule has 5 nitrogen and oxygen atoms in total. The highest BCUT2D eigenvalue weighted by Crippen LogP contribution is 2.17. The molecule has 1 aromatic heterocycles. The quantitative estimate of drug-likeness (QED) is 0.392. The average Bonchev–Trinajstić information content (AvgIpc) is 2.93. The summed E-state index contributed by atoms with van der Waals surface area (Å²) in [6.45, 7) is 0. The number of hydrogen-bond donors (Lipinski definition) is 1. The zero-order valence-corrected chi connectivity index (χ0v) is 10.6. The van der Waals surface area contributed by atoms with Gasteiger partial charge in [0.15, 0.2) is 5.78 Å². The third-order valence-electron chi connectivity index (χ3n) is 2.31. The third-order valence-corrected chi connectivity index (χ3v) is 3.19. The molecule has 1 N–H and O–H groups in total. The second-order valence-electron chi connectivity index (χ2n) is 3.63. The van der Waals surface area contributed by atoms with Crippen LogP contribution in [0.5, 0.6) is 0 Å². The normalized spacial score (nSPS) is 10.5. The number of hydrogen-bond acceptors (Lipinski definition) is 5. The number of benzene rings is 1. The van der Waals surface area contributed by atoms with Crippen molar-refractivity contribution in [2.75, 3.05) is 5.32 Å². The first-order valence-electron chi connectivity index (χ1n) is 5.42. The molecule has 96 valence electrons. The van der Waals surface area contributed by atoms with E-state index in [1.807, 2.05) is 5.38 Å². The number of nitrogens with one attached hydrogen (secondary N) is 1. The fourth-order valence-electron chi connectivity index (χ4n) is 1.42. The van der Waals surface area contributed by atoms with Crippen molar-refractivity contribution in [2.45, 2.75) is 0 Å². The van der Waals surface area contributed by atoms with Crippen LogP contribution in [0.15, 0.2) is 54.1 Å². The Morgan fingerprint density at radius 3 is 2.84 bits per heavy atom. The van der Waals surface area contributed by atoms with Crippen molar-refractivity contribution in [2.24, 2.45) is 0 Å². The molecule has 0 aliphatic rings. The van der Waals surface area contributed by atoms with Gasteiger partial charge < -0.3 is 5.32 Å². The maximum atomic E-state index is 11.6. The van der Waals surface area contributed by atoms with Gasteiger partial charge in [0.25, 0.3) is 5.69 Å². The van der Waals surface area contributed by atoms with Gasteiger partial charge in [0.05, 0.1) is 9.80 Å². The van der Waals surface area contributed by atoms with E-state index in [0.717, 1.165) is 0 Å². The summed E-state index contributed by atoms with van der Waals surface area (Å²) in [7, 11) is 0. The Bertz CT molecular complexity index is 621. The van der Waals surface area contributed by atoms with Gasteiger partial charge in [-0.15, -0.1) is 11.3 Å². The Morgan fingerprint density at radius 1 is 1.32 bits per heavy atom. The van der Waals surface area contributed by atoms with E-state index in [0.29, 0.717) is 10.6 Å². The van der Waals surface area contributed by atoms with Gasteiger partial charge in [0.2, 0.25) is 0 Å². The molecule has 0 fully saturated rings. The smallest absolute Gasteiger partial charge is 0.271 e. The molecule has 0 aliphatic carbocycles. The molecule has 2 aromatic rings. The number of nitrogens with zero attached hydrogens (tertiary/aromatic N) is 1. The first-order chi connectivity index (χ1) is 9.16. The number of thiophene rings is 1. The molecule has 2 rings (SSSR count). The van der Waals surface area contributed by atoms with Crippen molar-refractivity contribution in [3.05, 3.63) is 69.0 Å². The van der Waals surface area contributed by atoms with Crippen LogP contribution in [0.4, 0.5) is 11.4 Å². The summed E-state index contributed by atoms with van der Waals surface area (Å²) >= 11 is 1.37. The highest BCUT2D eigenvalue weighted by Gasteiger charge is 2.05. The standard InChI is InChI=1S/C13H10N2O3S/c16-12(13-5-2-8-19-13)6-7-14-10-3-1-4-11(9-10)15(17)18/h1-9,14H. The van der Waals surface area contributed by atoms with Gasteiger partial charge in [-0.2, -0.15) is 0 Å². The molecule has 0 radical (unpaired) electrons. The van der Waals surface area contributed by atoms with Crippen LogP contribution >= 0.6 is 11.3 Å². The predicted molar refractivity (Wildman–Crippen MR) is 74.5 cm³/mol. The van der Waals surface area contributed by atoms with Gasteiger partial charge >= 0.3 is 0 Å². The molecule has 0 bridgehead atoms. The fraction of sp³-hybridized carbons (Fsp3) is 0. The van der Waals surface area contributed by atoms with Crippen LogP contribution in [0, 0.1) is 10.1 Å². The maximum absolute atomic E-state index is 11.6. The van der Waals surface area contributed by atoms with Gasteiger partial charge in [0, 0.05) is 30.1 Å². The summed E-state index contributed by atoms with van der Waals surface area (Å²) in [6.07, 6.45) is 2.87. The summed E-state index contributed by atoms with van der Waals surface area (Å²) in [5.74, 6) is -0.104. The Kier molecular flexibility index (Phi) is 4.04. The van der Waals surface area contributed by atoms with Crippen LogP contribution in [0.25, 0.3) is 0 Å². The first-order valence-corrected chi connectivity index (χ1v) is 6.30. The highest BCUT2D eigenvalue weighted by molar-refractivity contribution is 7.12. The van der Waals surface area contributed by atoms with E-state index in [1.54, 1.807) is 24.3 Å². The molecule has 0 spiro atoms. The van der Waals surface area contributed by atoms with Gasteiger partial charge in [-0.3, -0.25) is 14.9 Å². The number of allylic oxidation sites excluding steroid dienone is 1. The second-order valence-corrected chi connectivity index (χ2v) is 4.57. The number of carbonyl (C=O) groups is 1. The minimum atomic E-state index is -0.467. The highest BCUT2D eigenvalue weighted by atomic mass is 32.1. The lowest BCUT2D eigenvalue weighted by atomic mass is 10.3. The summed E-state index contributed by atoms with van der Waals surface area (Å²) in [4.78, 5) is 22.4. The third kappa shape index (κ3) is 3.49. The van der Waals surface area contributed by atoms with Crippen molar-refractivity contribution in [3.8, 4) is 0 Å². The van der Waals surface area contributed by atoms with Gasteiger partial charge in [0.1, 0.15) is 0 Å². The molecule has 0 atom stereocenters. The zero-order chi connectivity index (χ0) is 13.7. The lowest BCUT2D eigenvalue weighted by molar-refractivity contribution is -0.384. The lowest BCUT2D eigenvalue weighted by Crippen LogP contribution is -1.94. The van der Waals surface area contributed by atoms with Crippen LogP contribution in [-0.2, 0) is 0 Å². The Labute approximate surface area is 113 Å². The fourth-order valence-corrected chi connectivity index (χ4v) is 2.07. The number of carbonyl (C=O) groups excluding carboxylic acids is 1. The Hall–Kier alpha value is -2.47. The second kappa shape index (κ2) is 5.92. The van der Waals surface area contributed by atoms with Crippen molar-refractivity contribution in [1.82, 2.24) is 0 Å². The lowest BCUT2D eigenvalue weighted by Gasteiger charge is -1.99. The molecule has 0 saturated carbocycles. The van der Waals surface area contributed by atoms with E-state index >= 15 is 0 Å². The summed E-state index contributed by atoms with van der Waals surface area (Å²) in [5, 5.41) is 15.3. The minimum Gasteiger partial charge on any atom is -0.361 e. The van der Waals surface area contributed by atoms with Crippen molar-refractivity contribution in [1.29, 1.82) is 0 Å². The molecule has 0 aliphatic heterocycles. The topological polar surface area (TPSA) is 72.2 Å². The van der Waals surface area contributed by atoms with Crippen LogP contribution in [0.3, 0.4) is 0 Å². The number of non-ortho nitro benzene ring substituents is 1. The van der Waals surface area contributed by atoms with Crippen molar-refractivity contribution >= 4 is 28.5 Å². The maximum Gasteiger partial charge on any atom is 0.271 e. The molecule has 19 heavy (non-hydrogen) atoms. The number of nitro benzene ring substituents is 1. The van der Waals surface area contributed by atoms with Crippen molar-refractivity contribution in [3.63, 3.8) is 0 Å². The molecule has 6 heteroatoms. The minimum absolute atomic E-state index is 0.00276.